The molecule has 0 spiro atoms. The second-order valence-corrected chi connectivity index (χ2v) is 7.59. The zero-order chi connectivity index (χ0) is 20.1. The van der Waals surface area contributed by atoms with Crippen LogP contribution in [0.1, 0.15) is 29.0 Å². The number of rotatable bonds is 6. The Bertz CT molecular complexity index is 809. The van der Waals surface area contributed by atoms with Crippen LogP contribution in [0, 0.1) is 0 Å². The molecule has 154 valence electrons. The number of carbonyl (C=O) groups excluding carboxylic acids is 2. The van der Waals surface area contributed by atoms with Crippen LogP contribution in [0.2, 0.25) is 0 Å². The Kier molecular flexibility index (Phi) is 6.27. The van der Waals surface area contributed by atoms with E-state index in [1.165, 1.54) is 11.8 Å². The third kappa shape index (κ3) is 4.86. The zero-order valence-electron chi connectivity index (χ0n) is 16.5. The van der Waals surface area contributed by atoms with Crippen LogP contribution >= 0.6 is 0 Å². The van der Waals surface area contributed by atoms with Crippen LogP contribution in [0.25, 0.3) is 0 Å². The highest BCUT2D eigenvalue weighted by molar-refractivity contribution is 5.95. The van der Waals surface area contributed by atoms with Gasteiger partial charge in [-0.2, -0.15) is 0 Å². The Hall–Kier alpha value is -2.64. The van der Waals surface area contributed by atoms with E-state index in [9.17, 15) is 9.59 Å². The SMILES string of the molecule is O=C(NCC1CN(Cc2ccccc2)CCO1)C1CCCN1C(=O)c1ccco1. The van der Waals surface area contributed by atoms with E-state index in [0.717, 1.165) is 26.1 Å². The van der Waals surface area contributed by atoms with E-state index in [1.54, 1.807) is 17.0 Å². The van der Waals surface area contributed by atoms with E-state index >= 15 is 0 Å². The number of hydrogen-bond donors (Lipinski definition) is 1. The number of benzene rings is 1. The molecule has 1 N–H and O–H groups in total. The molecule has 7 heteroatoms. The number of morpholine rings is 1. The Morgan fingerprint density at radius 3 is 2.76 bits per heavy atom. The first-order valence-corrected chi connectivity index (χ1v) is 10.2. The standard InChI is InChI=1S/C22H27N3O4/c26-21(19-8-4-10-25(19)22(27)20-9-5-12-29-20)23-14-18-16-24(11-13-28-18)15-17-6-2-1-3-7-17/h1-3,5-7,9,12,18-19H,4,8,10-11,13-16H2,(H,23,26). The summed E-state index contributed by atoms with van der Waals surface area (Å²) in [6.07, 6.45) is 2.91. The quantitative estimate of drug-likeness (QED) is 0.806. The van der Waals surface area contributed by atoms with Crippen molar-refractivity contribution in [3.8, 4) is 0 Å². The van der Waals surface area contributed by atoms with Crippen LogP contribution in [-0.2, 0) is 16.1 Å². The number of hydrogen-bond acceptors (Lipinski definition) is 5. The van der Waals surface area contributed by atoms with Crippen molar-refractivity contribution in [2.45, 2.75) is 31.5 Å². The molecule has 0 aliphatic carbocycles. The van der Waals surface area contributed by atoms with Crippen molar-refractivity contribution in [3.63, 3.8) is 0 Å². The number of nitrogens with zero attached hydrogens (tertiary/aromatic N) is 2. The monoisotopic (exact) mass is 397 g/mol. The molecule has 2 saturated heterocycles. The summed E-state index contributed by atoms with van der Waals surface area (Å²) in [6.45, 7) is 4.21. The van der Waals surface area contributed by atoms with Gasteiger partial charge in [0.2, 0.25) is 5.91 Å². The molecular formula is C22H27N3O4. The lowest BCUT2D eigenvalue weighted by Crippen LogP contribution is -2.51. The molecule has 0 bridgehead atoms. The van der Waals surface area contributed by atoms with Gasteiger partial charge in [-0.05, 0) is 30.5 Å². The molecule has 2 unspecified atom stereocenters. The number of nitrogens with one attached hydrogen (secondary N) is 1. The third-order valence-corrected chi connectivity index (χ3v) is 5.52. The molecule has 0 radical (unpaired) electrons. The molecule has 2 aromatic rings. The zero-order valence-corrected chi connectivity index (χ0v) is 16.5. The van der Waals surface area contributed by atoms with Crippen molar-refractivity contribution in [3.05, 3.63) is 60.1 Å². The summed E-state index contributed by atoms with van der Waals surface area (Å²) in [7, 11) is 0. The lowest BCUT2D eigenvalue weighted by molar-refractivity contribution is -0.126. The summed E-state index contributed by atoms with van der Waals surface area (Å²) in [6, 6.07) is 13.2. The lowest BCUT2D eigenvalue weighted by Gasteiger charge is -2.33. The maximum Gasteiger partial charge on any atom is 0.290 e. The molecule has 2 aliphatic heterocycles. The van der Waals surface area contributed by atoms with Gasteiger partial charge in [0.1, 0.15) is 6.04 Å². The normalized spacial score (nSPS) is 22.6. The number of furan rings is 1. The molecule has 1 aromatic carbocycles. The molecule has 0 saturated carbocycles. The van der Waals surface area contributed by atoms with E-state index in [4.69, 9.17) is 9.15 Å². The van der Waals surface area contributed by atoms with E-state index in [1.807, 2.05) is 18.2 Å². The molecule has 4 rings (SSSR count). The van der Waals surface area contributed by atoms with Gasteiger partial charge in [-0.15, -0.1) is 0 Å². The first-order chi connectivity index (χ1) is 14.2. The van der Waals surface area contributed by atoms with E-state index in [-0.39, 0.29) is 23.7 Å². The molecule has 2 aliphatic rings. The number of likely N-dealkylation sites (tertiary alicyclic amines) is 1. The molecule has 29 heavy (non-hydrogen) atoms. The molecule has 3 heterocycles. The first-order valence-electron chi connectivity index (χ1n) is 10.2. The summed E-state index contributed by atoms with van der Waals surface area (Å²) >= 11 is 0. The van der Waals surface area contributed by atoms with E-state index in [0.29, 0.717) is 26.1 Å². The van der Waals surface area contributed by atoms with Gasteiger partial charge in [-0.25, -0.2) is 0 Å². The summed E-state index contributed by atoms with van der Waals surface area (Å²) in [5.74, 6) is -0.0707. The maximum atomic E-state index is 12.7. The highest BCUT2D eigenvalue weighted by Gasteiger charge is 2.35. The van der Waals surface area contributed by atoms with Crippen molar-refractivity contribution in [1.82, 2.24) is 15.1 Å². The van der Waals surface area contributed by atoms with Gasteiger partial charge in [-0.3, -0.25) is 14.5 Å². The van der Waals surface area contributed by atoms with Crippen LogP contribution < -0.4 is 5.32 Å². The summed E-state index contributed by atoms with van der Waals surface area (Å²) in [5.41, 5.74) is 1.27. The predicted octanol–water partition coefficient (Wildman–Crippen LogP) is 1.90. The average molecular weight is 397 g/mol. The van der Waals surface area contributed by atoms with Crippen LogP contribution in [-0.4, -0.2) is 66.5 Å². The molecule has 1 aromatic heterocycles. The van der Waals surface area contributed by atoms with E-state index in [2.05, 4.69) is 22.3 Å². The van der Waals surface area contributed by atoms with Gasteiger partial charge in [0.25, 0.3) is 5.91 Å². The smallest absolute Gasteiger partial charge is 0.290 e. The fourth-order valence-electron chi connectivity index (χ4n) is 4.05. The number of amides is 2. The van der Waals surface area contributed by atoms with Crippen LogP contribution in [0.5, 0.6) is 0 Å². The predicted molar refractivity (Wildman–Crippen MR) is 107 cm³/mol. The van der Waals surface area contributed by atoms with Gasteiger partial charge >= 0.3 is 0 Å². The first kappa shape index (κ1) is 19.7. The van der Waals surface area contributed by atoms with E-state index < -0.39 is 6.04 Å². The highest BCUT2D eigenvalue weighted by atomic mass is 16.5. The fourth-order valence-corrected chi connectivity index (χ4v) is 4.05. The molecule has 7 nitrogen and oxygen atoms in total. The second kappa shape index (κ2) is 9.24. The van der Waals surface area contributed by atoms with Gasteiger partial charge in [0.05, 0.1) is 19.0 Å². The van der Waals surface area contributed by atoms with Crippen LogP contribution in [0.15, 0.2) is 53.1 Å². The van der Waals surface area contributed by atoms with Gasteiger partial charge < -0.3 is 19.4 Å². The van der Waals surface area contributed by atoms with Crippen molar-refractivity contribution in [2.24, 2.45) is 0 Å². The van der Waals surface area contributed by atoms with Crippen LogP contribution in [0.3, 0.4) is 0 Å². The molecule has 2 fully saturated rings. The summed E-state index contributed by atoms with van der Waals surface area (Å²) in [4.78, 5) is 29.3. The minimum absolute atomic E-state index is 0.0490. The van der Waals surface area contributed by atoms with Crippen LogP contribution in [0.4, 0.5) is 0 Å². The maximum absolute atomic E-state index is 12.7. The molecule has 2 amide bonds. The van der Waals surface area contributed by atoms with Crippen molar-refractivity contribution in [2.75, 3.05) is 32.8 Å². The van der Waals surface area contributed by atoms with Gasteiger partial charge in [0.15, 0.2) is 5.76 Å². The minimum atomic E-state index is -0.448. The Morgan fingerprint density at radius 2 is 1.97 bits per heavy atom. The fraction of sp³-hybridized carbons (Fsp3) is 0.455. The topological polar surface area (TPSA) is 75.0 Å². The summed E-state index contributed by atoms with van der Waals surface area (Å²) in [5, 5.41) is 2.99. The van der Waals surface area contributed by atoms with Crippen molar-refractivity contribution in [1.29, 1.82) is 0 Å². The average Bonchev–Trinajstić information content (AvgIpc) is 3.45. The Labute approximate surface area is 170 Å². The Morgan fingerprint density at radius 1 is 1.10 bits per heavy atom. The number of ether oxygens (including phenoxy) is 1. The lowest BCUT2D eigenvalue weighted by atomic mass is 10.1. The summed E-state index contributed by atoms with van der Waals surface area (Å²) < 4.78 is 11.0. The second-order valence-electron chi connectivity index (χ2n) is 7.59. The molecule has 2 atom stereocenters. The largest absolute Gasteiger partial charge is 0.459 e. The number of carbonyl (C=O) groups is 2. The highest BCUT2D eigenvalue weighted by Crippen LogP contribution is 2.20. The third-order valence-electron chi connectivity index (χ3n) is 5.52. The minimum Gasteiger partial charge on any atom is -0.459 e. The van der Waals surface area contributed by atoms with Crippen molar-refractivity contribution >= 4 is 11.8 Å². The van der Waals surface area contributed by atoms with Gasteiger partial charge in [-0.1, -0.05) is 30.3 Å². The Balaban J connectivity index is 1.28. The van der Waals surface area contributed by atoms with Crippen molar-refractivity contribution < 1.29 is 18.7 Å². The molecular weight excluding hydrogens is 370 g/mol. The van der Waals surface area contributed by atoms with Gasteiger partial charge in [0, 0.05) is 32.7 Å².